The normalized spacial score (nSPS) is 14.3. The van der Waals surface area contributed by atoms with Crippen LogP contribution in [0.5, 0.6) is 5.75 Å². The second kappa shape index (κ2) is 9.88. The molecule has 1 saturated carbocycles. The Hall–Kier alpha value is -3.71. The van der Waals surface area contributed by atoms with E-state index in [-0.39, 0.29) is 18.1 Å². The second-order valence-corrected chi connectivity index (χ2v) is 9.48. The first-order valence-corrected chi connectivity index (χ1v) is 12.1. The molecule has 2 heterocycles. The topological polar surface area (TPSA) is 74.4 Å². The number of hydrogen-bond acceptors (Lipinski definition) is 5. The van der Waals surface area contributed by atoms with Crippen molar-refractivity contribution in [2.75, 3.05) is 27.7 Å². The number of carbonyl (C=O) groups excluding carboxylic acids is 1. The molecule has 2 aromatic carbocycles. The van der Waals surface area contributed by atoms with Gasteiger partial charge >= 0.3 is 0 Å². The van der Waals surface area contributed by atoms with Crippen molar-refractivity contribution in [2.24, 2.45) is 0 Å². The molecule has 1 aliphatic rings. The monoisotopic (exact) mass is 469 g/mol. The fourth-order valence-corrected chi connectivity index (χ4v) is 4.40. The molecule has 0 bridgehead atoms. The second-order valence-electron chi connectivity index (χ2n) is 9.48. The molecule has 7 nitrogen and oxygen atoms in total. The van der Waals surface area contributed by atoms with E-state index in [2.05, 4.69) is 32.2 Å². The fourth-order valence-electron chi connectivity index (χ4n) is 4.40. The summed E-state index contributed by atoms with van der Waals surface area (Å²) in [6, 6.07) is 15.8. The van der Waals surface area contributed by atoms with Crippen LogP contribution in [-0.2, 0) is 0 Å². The summed E-state index contributed by atoms with van der Waals surface area (Å²) >= 11 is 0. The van der Waals surface area contributed by atoms with Gasteiger partial charge < -0.3 is 14.5 Å². The first-order chi connectivity index (χ1) is 17.0. The van der Waals surface area contributed by atoms with E-state index in [0.29, 0.717) is 5.56 Å². The van der Waals surface area contributed by atoms with Crippen molar-refractivity contribution in [3.63, 3.8) is 0 Å². The van der Waals surface area contributed by atoms with Crippen LogP contribution in [0.25, 0.3) is 22.0 Å². The quantitative estimate of drug-likeness (QED) is 0.376. The van der Waals surface area contributed by atoms with Crippen LogP contribution in [0.1, 0.15) is 41.2 Å². The number of aromatic amines is 1. The number of aromatic nitrogens is 3. The molecular formula is C28H31N5O2. The number of carbonyl (C=O) groups is 1. The highest BCUT2D eigenvalue weighted by molar-refractivity contribution is 5.96. The van der Waals surface area contributed by atoms with Crippen molar-refractivity contribution in [1.29, 1.82) is 0 Å². The Morgan fingerprint density at radius 1 is 1.09 bits per heavy atom. The molecule has 1 amide bonds. The molecule has 0 unspecified atom stereocenters. The van der Waals surface area contributed by atoms with Crippen LogP contribution in [0.3, 0.4) is 0 Å². The van der Waals surface area contributed by atoms with Gasteiger partial charge in [-0.05, 0) is 63.7 Å². The average Bonchev–Trinajstić information content (AvgIpc) is 3.55. The highest BCUT2D eigenvalue weighted by atomic mass is 16.5. The Morgan fingerprint density at radius 3 is 2.63 bits per heavy atom. The summed E-state index contributed by atoms with van der Waals surface area (Å²) < 4.78 is 6.25. The minimum Gasteiger partial charge on any atom is -0.490 e. The van der Waals surface area contributed by atoms with Crippen molar-refractivity contribution in [1.82, 2.24) is 25.0 Å². The van der Waals surface area contributed by atoms with Crippen molar-refractivity contribution < 1.29 is 9.53 Å². The maximum Gasteiger partial charge on any atom is 0.254 e. The zero-order valence-corrected chi connectivity index (χ0v) is 20.4. The van der Waals surface area contributed by atoms with E-state index in [4.69, 9.17) is 4.74 Å². The highest BCUT2D eigenvalue weighted by Gasteiger charge is 2.28. The summed E-state index contributed by atoms with van der Waals surface area (Å²) in [5.41, 5.74) is 4.58. The lowest BCUT2D eigenvalue weighted by atomic mass is 9.99. The molecule has 7 heteroatoms. The third-order valence-corrected chi connectivity index (χ3v) is 6.51. The van der Waals surface area contributed by atoms with Gasteiger partial charge in [0.05, 0.1) is 23.9 Å². The number of fused-ring (bicyclic) bond motifs is 1. The molecule has 0 spiro atoms. The minimum absolute atomic E-state index is 0.0504. The van der Waals surface area contributed by atoms with Crippen molar-refractivity contribution in [3.8, 4) is 16.9 Å². The molecule has 1 N–H and O–H groups in total. The third kappa shape index (κ3) is 5.05. The van der Waals surface area contributed by atoms with Crippen LogP contribution in [0, 0.1) is 0 Å². The first-order valence-electron chi connectivity index (χ1n) is 12.1. The van der Waals surface area contributed by atoms with Crippen LogP contribution >= 0.6 is 0 Å². The van der Waals surface area contributed by atoms with Gasteiger partial charge in [0, 0.05) is 41.5 Å². The van der Waals surface area contributed by atoms with Crippen molar-refractivity contribution in [3.05, 3.63) is 78.2 Å². The molecule has 180 valence electrons. The number of hydrogen-bond donors (Lipinski definition) is 1. The Bertz CT molecular complexity index is 1310. The minimum atomic E-state index is -0.164. The number of nitrogens with one attached hydrogen (secondary N) is 1. The molecule has 4 aromatic rings. The standard InChI is InChI=1S/C28H31N5O2/c1-32(2)14-13-25(24-18-29-16-21-17-30-31-27(21)24)33(3)28(34)20-9-12-23(19-7-5-4-6-8-19)26(15-20)35-22-10-11-22/h4-9,12,15-18,22,25H,10-11,13-14H2,1-3H3,(H,30,31)/t25-/m1/s1. The number of ether oxygens (including phenoxy) is 1. The summed E-state index contributed by atoms with van der Waals surface area (Å²) in [5, 5.41) is 8.22. The summed E-state index contributed by atoms with van der Waals surface area (Å²) in [4.78, 5) is 22.2. The van der Waals surface area contributed by atoms with E-state index in [0.717, 1.165) is 59.2 Å². The molecule has 35 heavy (non-hydrogen) atoms. The predicted octanol–water partition coefficient (Wildman–Crippen LogP) is 4.93. The van der Waals surface area contributed by atoms with Crippen molar-refractivity contribution >= 4 is 16.8 Å². The lowest BCUT2D eigenvalue weighted by Crippen LogP contribution is -2.33. The number of amides is 1. The van der Waals surface area contributed by atoms with Gasteiger partial charge in [-0.1, -0.05) is 30.3 Å². The van der Waals surface area contributed by atoms with Gasteiger partial charge in [0.1, 0.15) is 5.75 Å². The lowest BCUT2D eigenvalue weighted by molar-refractivity contribution is 0.0716. The number of pyridine rings is 1. The molecule has 1 atom stereocenters. The molecule has 1 fully saturated rings. The van der Waals surface area contributed by atoms with E-state index in [1.807, 2.05) is 68.6 Å². The van der Waals surface area contributed by atoms with Crippen LogP contribution < -0.4 is 4.74 Å². The average molecular weight is 470 g/mol. The van der Waals surface area contributed by atoms with Crippen LogP contribution in [0.4, 0.5) is 0 Å². The van der Waals surface area contributed by atoms with Gasteiger partial charge in [-0.2, -0.15) is 5.10 Å². The Labute approximate surface area is 205 Å². The summed E-state index contributed by atoms with van der Waals surface area (Å²) in [7, 11) is 5.94. The predicted molar refractivity (Wildman–Crippen MR) is 137 cm³/mol. The van der Waals surface area contributed by atoms with E-state index >= 15 is 0 Å². The number of nitrogens with zero attached hydrogens (tertiary/aromatic N) is 4. The largest absolute Gasteiger partial charge is 0.490 e. The molecule has 5 rings (SSSR count). The zero-order valence-electron chi connectivity index (χ0n) is 20.4. The Balaban J connectivity index is 1.49. The maximum absolute atomic E-state index is 13.8. The van der Waals surface area contributed by atoms with E-state index in [1.165, 1.54) is 0 Å². The van der Waals surface area contributed by atoms with Gasteiger partial charge in [0.2, 0.25) is 0 Å². The third-order valence-electron chi connectivity index (χ3n) is 6.51. The van der Waals surface area contributed by atoms with E-state index in [9.17, 15) is 4.79 Å². The van der Waals surface area contributed by atoms with Gasteiger partial charge in [0.15, 0.2) is 0 Å². The van der Waals surface area contributed by atoms with Crippen LogP contribution in [0.15, 0.2) is 67.1 Å². The maximum atomic E-state index is 13.8. The summed E-state index contributed by atoms with van der Waals surface area (Å²) in [6.07, 6.45) is 8.50. The van der Waals surface area contributed by atoms with Crippen molar-refractivity contribution in [2.45, 2.75) is 31.4 Å². The number of benzene rings is 2. The molecule has 0 saturated heterocycles. The van der Waals surface area contributed by atoms with Gasteiger partial charge in [0.25, 0.3) is 5.91 Å². The molecule has 1 aliphatic carbocycles. The van der Waals surface area contributed by atoms with Crippen LogP contribution in [-0.4, -0.2) is 64.7 Å². The lowest BCUT2D eigenvalue weighted by Gasteiger charge is -2.30. The molecule has 2 aromatic heterocycles. The molecule has 0 radical (unpaired) electrons. The zero-order chi connectivity index (χ0) is 24.4. The summed E-state index contributed by atoms with van der Waals surface area (Å²) in [6.45, 7) is 0.829. The Morgan fingerprint density at radius 2 is 1.89 bits per heavy atom. The first kappa shape index (κ1) is 23.1. The van der Waals surface area contributed by atoms with Gasteiger partial charge in [-0.3, -0.25) is 14.9 Å². The number of rotatable bonds is 9. The Kier molecular flexibility index (Phi) is 6.51. The number of H-pyrrole nitrogens is 1. The SMILES string of the molecule is CN(C)CC[C@H](c1cncc2cn[nH]c12)N(C)C(=O)c1ccc(-c2ccccc2)c(OC2CC2)c1. The van der Waals surface area contributed by atoms with Crippen LogP contribution in [0.2, 0.25) is 0 Å². The van der Waals surface area contributed by atoms with E-state index in [1.54, 1.807) is 12.4 Å². The molecular weight excluding hydrogens is 438 g/mol. The highest BCUT2D eigenvalue weighted by Crippen LogP contribution is 2.37. The summed E-state index contributed by atoms with van der Waals surface area (Å²) in [5.74, 6) is 0.714. The smallest absolute Gasteiger partial charge is 0.254 e. The van der Waals surface area contributed by atoms with E-state index < -0.39 is 0 Å². The molecule has 0 aliphatic heterocycles. The van der Waals surface area contributed by atoms with Gasteiger partial charge in [-0.15, -0.1) is 0 Å². The fraction of sp³-hybridized carbons (Fsp3) is 0.321. The van der Waals surface area contributed by atoms with Gasteiger partial charge in [-0.25, -0.2) is 0 Å².